The van der Waals surface area contributed by atoms with Crippen LogP contribution in [0, 0.1) is 11.7 Å². The monoisotopic (exact) mass is 342 g/mol. The third-order valence-electron chi connectivity index (χ3n) is 3.93. The van der Waals surface area contributed by atoms with Gasteiger partial charge in [-0.25, -0.2) is 4.39 Å². The van der Waals surface area contributed by atoms with E-state index in [1.165, 1.54) is 6.07 Å². The molecule has 1 aromatic carbocycles. The van der Waals surface area contributed by atoms with E-state index in [1.807, 2.05) is 0 Å². The molecule has 5 heteroatoms. The summed E-state index contributed by atoms with van der Waals surface area (Å²) < 4.78 is 14.4. The number of benzene rings is 1. The van der Waals surface area contributed by atoms with Gasteiger partial charge in [0.25, 0.3) is 0 Å². The van der Waals surface area contributed by atoms with Crippen molar-refractivity contribution in [1.82, 2.24) is 5.32 Å². The predicted octanol–water partition coefficient (Wildman–Crippen LogP) is 3.11. The first-order valence-electron chi connectivity index (χ1n) is 6.92. The average molecular weight is 343 g/mol. The Kier molecular flexibility index (Phi) is 4.81. The minimum Gasteiger partial charge on any atom is -0.350 e. The maximum Gasteiger partial charge on any atom is 0.240 e. The van der Waals surface area contributed by atoms with E-state index in [9.17, 15) is 9.18 Å². The fourth-order valence-electron chi connectivity index (χ4n) is 2.83. The van der Waals surface area contributed by atoms with Gasteiger partial charge in [-0.1, -0.05) is 35.7 Å². The van der Waals surface area contributed by atoms with Crippen molar-refractivity contribution < 1.29 is 9.18 Å². The lowest BCUT2D eigenvalue weighted by atomic mass is 9.76. The first-order chi connectivity index (χ1) is 9.40. The van der Waals surface area contributed by atoms with Crippen LogP contribution in [-0.2, 0) is 11.3 Å². The molecule has 1 fully saturated rings. The Morgan fingerprint density at radius 3 is 3.05 bits per heavy atom. The molecule has 0 aliphatic heterocycles. The minimum absolute atomic E-state index is 0.164. The Hall–Kier alpha value is -0.940. The second-order valence-corrected chi connectivity index (χ2v) is 6.69. The van der Waals surface area contributed by atoms with Crippen LogP contribution >= 0.6 is 15.9 Å². The van der Waals surface area contributed by atoms with Gasteiger partial charge in [0.15, 0.2) is 0 Å². The number of amides is 1. The van der Waals surface area contributed by atoms with E-state index in [0.717, 1.165) is 17.3 Å². The zero-order valence-electron chi connectivity index (χ0n) is 11.6. The highest BCUT2D eigenvalue weighted by molar-refractivity contribution is 9.10. The van der Waals surface area contributed by atoms with Gasteiger partial charge >= 0.3 is 0 Å². The van der Waals surface area contributed by atoms with E-state index in [1.54, 1.807) is 12.1 Å². The van der Waals surface area contributed by atoms with Gasteiger partial charge in [-0.3, -0.25) is 4.79 Å². The number of hydrogen-bond donors (Lipinski definition) is 2. The largest absolute Gasteiger partial charge is 0.350 e. The molecule has 110 valence electrons. The van der Waals surface area contributed by atoms with Crippen LogP contribution in [-0.4, -0.2) is 11.4 Å². The van der Waals surface area contributed by atoms with Gasteiger partial charge in [-0.15, -0.1) is 0 Å². The number of nitrogens with two attached hydrogens (primary N) is 1. The van der Waals surface area contributed by atoms with Crippen molar-refractivity contribution >= 4 is 21.8 Å². The van der Waals surface area contributed by atoms with Crippen LogP contribution in [0.25, 0.3) is 0 Å². The second-order valence-electron chi connectivity index (χ2n) is 5.78. The number of hydrogen-bond acceptors (Lipinski definition) is 2. The molecule has 3 nitrogen and oxygen atoms in total. The summed E-state index contributed by atoms with van der Waals surface area (Å²) in [5.41, 5.74) is 5.86. The lowest BCUT2D eigenvalue weighted by Gasteiger charge is -2.35. The maximum absolute atomic E-state index is 13.6. The van der Waals surface area contributed by atoms with Crippen LogP contribution in [0.1, 0.15) is 38.2 Å². The summed E-state index contributed by atoms with van der Waals surface area (Å²) in [6.45, 7) is 2.28. The maximum atomic E-state index is 13.6. The van der Waals surface area contributed by atoms with E-state index >= 15 is 0 Å². The number of carbonyl (C=O) groups excluding carboxylic acids is 1. The van der Waals surface area contributed by atoms with Crippen LogP contribution in [0.3, 0.4) is 0 Å². The van der Waals surface area contributed by atoms with Crippen molar-refractivity contribution in [3.63, 3.8) is 0 Å². The smallest absolute Gasteiger partial charge is 0.240 e. The van der Waals surface area contributed by atoms with Gasteiger partial charge in [0.05, 0.1) is 5.54 Å². The Morgan fingerprint density at radius 1 is 1.60 bits per heavy atom. The van der Waals surface area contributed by atoms with Gasteiger partial charge in [0, 0.05) is 16.6 Å². The van der Waals surface area contributed by atoms with Crippen molar-refractivity contribution in [2.24, 2.45) is 11.7 Å². The van der Waals surface area contributed by atoms with E-state index in [0.29, 0.717) is 24.3 Å². The Balaban J connectivity index is 1.99. The summed E-state index contributed by atoms with van der Waals surface area (Å²) >= 11 is 3.29. The molecule has 0 aromatic heterocycles. The molecule has 2 unspecified atom stereocenters. The SMILES string of the molecule is CC1CCCC(N)(C(=O)NCc2cc(Br)ccc2F)C1. The minimum atomic E-state index is -0.805. The van der Waals surface area contributed by atoms with Crippen molar-refractivity contribution in [3.05, 3.63) is 34.1 Å². The summed E-state index contributed by atoms with van der Waals surface area (Å²) in [5.74, 6) is -0.0397. The summed E-state index contributed by atoms with van der Waals surface area (Å²) in [6.07, 6.45) is 3.48. The Labute approximate surface area is 127 Å². The molecular weight excluding hydrogens is 323 g/mol. The van der Waals surface area contributed by atoms with Crippen molar-refractivity contribution in [2.45, 2.75) is 44.7 Å². The molecule has 1 amide bonds. The van der Waals surface area contributed by atoms with E-state index in [4.69, 9.17) is 5.73 Å². The molecule has 2 atom stereocenters. The summed E-state index contributed by atoms with van der Waals surface area (Å²) in [6, 6.07) is 4.68. The summed E-state index contributed by atoms with van der Waals surface area (Å²) in [7, 11) is 0. The molecule has 1 aliphatic carbocycles. The highest BCUT2D eigenvalue weighted by atomic mass is 79.9. The van der Waals surface area contributed by atoms with Crippen LogP contribution < -0.4 is 11.1 Å². The Bertz CT molecular complexity index is 509. The van der Waals surface area contributed by atoms with Crippen molar-refractivity contribution in [1.29, 1.82) is 0 Å². The molecule has 3 N–H and O–H groups in total. The molecule has 0 bridgehead atoms. The number of rotatable bonds is 3. The topological polar surface area (TPSA) is 55.1 Å². The summed E-state index contributed by atoms with van der Waals surface area (Å²) in [5, 5.41) is 2.77. The standard InChI is InChI=1S/C15H20BrFN2O/c1-10-3-2-6-15(18,8-10)14(20)19-9-11-7-12(16)4-5-13(11)17/h4-5,7,10H,2-3,6,8-9,18H2,1H3,(H,19,20). The second kappa shape index (κ2) is 6.22. The van der Waals surface area contributed by atoms with Gasteiger partial charge in [0.1, 0.15) is 5.82 Å². The molecule has 1 saturated carbocycles. The van der Waals surface area contributed by atoms with Crippen LogP contribution in [0.15, 0.2) is 22.7 Å². The van der Waals surface area contributed by atoms with Gasteiger partial charge < -0.3 is 11.1 Å². The fraction of sp³-hybridized carbons (Fsp3) is 0.533. The number of halogens is 2. The lowest BCUT2D eigenvalue weighted by Crippen LogP contribution is -2.56. The van der Waals surface area contributed by atoms with Gasteiger partial charge in [-0.2, -0.15) is 0 Å². The average Bonchev–Trinajstić information content (AvgIpc) is 2.39. The van der Waals surface area contributed by atoms with E-state index in [-0.39, 0.29) is 18.3 Å². The van der Waals surface area contributed by atoms with Crippen LogP contribution in [0.2, 0.25) is 0 Å². The zero-order chi connectivity index (χ0) is 14.8. The zero-order valence-corrected chi connectivity index (χ0v) is 13.2. The first kappa shape index (κ1) is 15.4. The molecule has 2 rings (SSSR count). The third-order valence-corrected chi connectivity index (χ3v) is 4.43. The molecule has 0 radical (unpaired) electrons. The number of carbonyl (C=O) groups is 1. The van der Waals surface area contributed by atoms with Crippen LogP contribution in [0.4, 0.5) is 4.39 Å². The number of nitrogens with one attached hydrogen (secondary N) is 1. The fourth-order valence-corrected chi connectivity index (χ4v) is 3.24. The molecule has 0 saturated heterocycles. The molecular formula is C15H20BrFN2O. The highest BCUT2D eigenvalue weighted by Crippen LogP contribution is 2.30. The quantitative estimate of drug-likeness (QED) is 0.886. The van der Waals surface area contributed by atoms with Crippen molar-refractivity contribution in [3.8, 4) is 0 Å². The van der Waals surface area contributed by atoms with Gasteiger partial charge in [-0.05, 0) is 37.0 Å². The normalized spacial score (nSPS) is 26.3. The van der Waals surface area contributed by atoms with Crippen molar-refractivity contribution in [2.75, 3.05) is 0 Å². The molecule has 20 heavy (non-hydrogen) atoms. The highest BCUT2D eigenvalue weighted by Gasteiger charge is 2.37. The molecule has 0 heterocycles. The molecule has 0 spiro atoms. The van der Waals surface area contributed by atoms with E-state index < -0.39 is 5.54 Å². The first-order valence-corrected chi connectivity index (χ1v) is 7.71. The lowest BCUT2D eigenvalue weighted by molar-refractivity contribution is -0.128. The molecule has 1 aliphatic rings. The molecule has 1 aromatic rings. The van der Waals surface area contributed by atoms with Gasteiger partial charge in [0.2, 0.25) is 5.91 Å². The third kappa shape index (κ3) is 3.58. The summed E-state index contributed by atoms with van der Waals surface area (Å²) in [4.78, 5) is 12.3. The Morgan fingerprint density at radius 2 is 2.35 bits per heavy atom. The van der Waals surface area contributed by atoms with Crippen LogP contribution in [0.5, 0.6) is 0 Å². The predicted molar refractivity (Wildman–Crippen MR) is 80.5 cm³/mol. The van der Waals surface area contributed by atoms with E-state index in [2.05, 4.69) is 28.2 Å².